The van der Waals surface area contributed by atoms with Crippen molar-refractivity contribution in [2.75, 3.05) is 20.2 Å². The van der Waals surface area contributed by atoms with Crippen LogP contribution in [-0.2, 0) is 6.54 Å². The van der Waals surface area contributed by atoms with Crippen molar-refractivity contribution < 1.29 is 14.2 Å². The molecule has 2 atom stereocenters. The van der Waals surface area contributed by atoms with E-state index in [9.17, 15) is 0 Å². The molecule has 1 aromatic rings. The predicted octanol–water partition coefficient (Wildman–Crippen LogP) is 6.52. The van der Waals surface area contributed by atoms with Gasteiger partial charge in [-0.05, 0) is 48.4 Å². The van der Waals surface area contributed by atoms with Gasteiger partial charge in [-0.3, -0.25) is 4.90 Å². The van der Waals surface area contributed by atoms with Gasteiger partial charge in [0.05, 0.1) is 7.11 Å². The lowest BCUT2D eigenvalue weighted by molar-refractivity contribution is -0.0439. The molecule has 0 radical (unpaired) electrons. The number of benzene rings is 1. The minimum absolute atomic E-state index is 0.587. The highest BCUT2D eigenvalue weighted by Gasteiger charge is 2.34. The number of ether oxygens (including phenoxy) is 3. The molecule has 0 N–H and O–H groups in total. The molecule has 1 aliphatic carbocycles. The Morgan fingerprint density at radius 3 is 2.77 bits per heavy atom. The number of hydrogen-bond acceptors (Lipinski definition) is 4. The summed E-state index contributed by atoms with van der Waals surface area (Å²) in [6.07, 6.45) is 11.4. The van der Waals surface area contributed by atoms with Crippen molar-refractivity contribution in [3.63, 3.8) is 0 Å². The molecule has 0 saturated heterocycles. The summed E-state index contributed by atoms with van der Waals surface area (Å²) in [5, 5.41) is 0. The maximum Gasteiger partial charge on any atom is 0.246 e. The molecule has 0 amide bonds. The van der Waals surface area contributed by atoms with E-state index in [1.54, 1.807) is 7.11 Å². The standard InChI is InChI=1S/C27H39NO3/c1-8-19(2)16-28(17-20(3)13-23-12-10-9-11-21(23)4)18-22-14-24(29-7)26-25(15-22)30-27(5,6)31-26/h9-10,12-15,19,21H,8,11,16-18H2,1-7H3/b20-13+. The van der Waals surface area contributed by atoms with Gasteiger partial charge in [-0.1, -0.05) is 57.1 Å². The van der Waals surface area contributed by atoms with Crippen molar-refractivity contribution in [3.8, 4) is 17.2 Å². The Balaban J connectivity index is 1.80. The summed E-state index contributed by atoms with van der Waals surface area (Å²) in [5.74, 6) is 2.77. The Labute approximate surface area is 188 Å². The summed E-state index contributed by atoms with van der Waals surface area (Å²) in [6, 6.07) is 4.19. The van der Waals surface area contributed by atoms with E-state index in [1.807, 2.05) is 13.8 Å². The van der Waals surface area contributed by atoms with Crippen molar-refractivity contribution in [2.45, 2.75) is 66.7 Å². The third-order valence-electron chi connectivity index (χ3n) is 6.05. The van der Waals surface area contributed by atoms with Gasteiger partial charge in [-0.15, -0.1) is 0 Å². The number of allylic oxidation sites excluding steroid dienone is 5. The quantitative estimate of drug-likeness (QED) is 0.451. The maximum atomic E-state index is 6.01. The monoisotopic (exact) mass is 425 g/mol. The number of nitrogens with zero attached hydrogens (tertiary/aromatic N) is 1. The van der Waals surface area contributed by atoms with Gasteiger partial charge in [0.2, 0.25) is 11.5 Å². The van der Waals surface area contributed by atoms with Gasteiger partial charge in [0.15, 0.2) is 11.5 Å². The molecule has 170 valence electrons. The number of fused-ring (bicyclic) bond motifs is 1. The lowest BCUT2D eigenvalue weighted by Gasteiger charge is -2.26. The van der Waals surface area contributed by atoms with Crippen LogP contribution in [0.5, 0.6) is 17.2 Å². The van der Waals surface area contributed by atoms with Gasteiger partial charge in [-0.2, -0.15) is 0 Å². The molecule has 0 saturated carbocycles. The fourth-order valence-corrected chi connectivity index (χ4v) is 4.23. The van der Waals surface area contributed by atoms with Crippen molar-refractivity contribution in [2.24, 2.45) is 11.8 Å². The second kappa shape index (κ2) is 9.95. The molecular formula is C27H39NO3. The molecule has 0 bridgehead atoms. The van der Waals surface area contributed by atoms with Gasteiger partial charge in [0, 0.05) is 33.5 Å². The molecule has 4 nitrogen and oxygen atoms in total. The zero-order valence-corrected chi connectivity index (χ0v) is 20.3. The Kier molecular flexibility index (Phi) is 7.53. The van der Waals surface area contributed by atoms with Crippen LogP contribution in [0.4, 0.5) is 0 Å². The highest BCUT2D eigenvalue weighted by Crippen LogP contribution is 2.46. The van der Waals surface area contributed by atoms with Crippen LogP contribution < -0.4 is 14.2 Å². The first-order valence-electron chi connectivity index (χ1n) is 11.6. The number of methoxy groups -OCH3 is 1. The van der Waals surface area contributed by atoms with Crippen molar-refractivity contribution >= 4 is 0 Å². The summed E-state index contributed by atoms with van der Waals surface area (Å²) in [5.41, 5.74) is 4.00. The predicted molar refractivity (Wildman–Crippen MR) is 128 cm³/mol. The third kappa shape index (κ3) is 6.16. The Morgan fingerprint density at radius 1 is 1.32 bits per heavy atom. The van der Waals surface area contributed by atoms with Crippen LogP contribution >= 0.6 is 0 Å². The fraction of sp³-hybridized carbons (Fsp3) is 0.556. The largest absolute Gasteiger partial charge is 0.493 e. The van der Waals surface area contributed by atoms with Crippen LogP contribution in [-0.4, -0.2) is 30.9 Å². The van der Waals surface area contributed by atoms with Gasteiger partial charge in [-0.25, -0.2) is 0 Å². The van der Waals surface area contributed by atoms with Crippen molar-refractivity contribution in [1.82, 2.24) is 4.90 Å². The number of hydrogen-bond donors (Lipinski definition) is 0. The molecule has 2 aliphatic rings. The molecule has 0 fully saturated rings. The normalized spacial score (nSPS) is 20.7. The highest BCUT2D eigenvalue weighted by atomic mass is 16.7. The van der Waals surface area contributed by atoms with Crippen LogP contribution in [0.3, 0.4) is 0 Å². The summed E-state index contributed by atoms with van der Waals surface area (Å²) in [7, 11) is 1.69. The average Bonchev–Trinajstić information content (AvgIpc) is 3.02. The van der Waals surface area contributed by atoms with Gasteiger partial charge in [0.1, 0.15) is 0 Å². The molecule has 3 rings (SSSR count). The first kappa shape index (κ1) is 23.5. The molecule has 1 heterocycles. The Bertz CT molecular complexity index is 865. The molecule has 4 heteroatoms. The fourth-order valence-electron chi connectivity index (χ4n) is 4.23. The topological polar surface area (TPSA) is 30.9 Å². The Morgan fingerprint density at radius 2 is 2.10 bits per heavy atom. The first-order valence-corrected chi connectivity index (χ1v) is 11.6. The SMILES string of the molecule is CCC(C)CN(C/C(C)=C/C1=CC=CCC1C)Cc1cc(OC)c2c(c1)OC(C)(C)O2. The minimum atomic E-state index is -0.664. The van der Waals surface area contributed by atoms with Gasteiger partial charge >= 0.3 is 0 Å². The van der Waals surface area contributed by atoms with E-state index in [-0.39, 0.29) is 0 Å². The molecule has 1 aromatic carbocycles. The molecule has 31 heavy (non-hydrogen) atoms. The lowest BCUT2D eigenvalue weighted by atomic mass is 9.92. The maximum absolute atomic E-state index is 6.01. The summed E-state index contributed by atoms with van der Waals surface area (Å²) >= 11 is 0. The van der Waals surface area contributed by atoms with E-state index in [2.05, 4.69) is 69.0 Å². The van der Waals surface area contributed by atoms with Gasteiger partial charge in [0.25, 0.3) is 0 Å². The second-order valence-corrected chi connectivity index (χ2v) is 9.63. The molecule has 2 unspecified atom stereocenters. The molecule has 0 aromatic heterocycles. The van der Waals surface area contributed by atoms with Crippen LogP contribution in [0.2, 0.25) is 0 Å². The van der Waals surface area contributed by atoms with E-state index in [0.29, 0.717) is 17.6 Å². The third-order valence-corrected chi connectivity index (χ3v) is 6.05. The second-order valence-electron chi connectivity index (χ2n) is 9.63. The van der Waals surface area contributed by atoms with Gasteiger partial charge < -0.3 is 14.2 Å². The van der Waals surface area contributed by atoms with Crippen LogP contribution in [0, 0.1) is 11.8 Å². The van der Waals surface area contributed by atoms with E-state index < -0.39 is 5.79 Å². The molecule has 1 aliphatic heterocycles. The van der Waals surface area contributed by atoms with Crippen LogP contribution in [0.15, 0.2) is 47.6 Å². The van der Waals surface area contributed by atoms with E-state index in [4.69, 9.17) is 14.2 Å². The highest BCUT2D eigenvalue weighted by molar-refractivity contribution is 5.56. The van der Waals surface area contributed by atoms with Crippen LogP contribution in [0.1, 0.15) is 59.9 Å². The molecule has 0 spiro atoms. The summed E-state index contributed by atoms with van der Waals surface area (Å²) < 4.78 is 17.6. The van der Waals surface area contributed by atoms with Crippen molar-refractivity contribution in [3.05, 3.63) is 53.1 Å². The minimum Gasteiger partial charge on any atom is -0.493 e. The zero-order valence-electron chi connectivity index (χ0n) is 20.3. The number of rotatable bonds is 9. The summed E-state index contributed by atoms with van der Waals surface area (Å²) in [4.78, 5) is 2.53. The average molecular weight is 426 g/mol. The lowest BCUT2D eigenvalue weighted by Crippen LogP contribution is -2.30. The van der Waals surface area contributed by atoms with E-state index in [0.717, 1.165) is 37.6 Å². The summed E-state index contributed by atoms with van der Waals surface area (Å²) in [6.45, 7) is 15.8. The van der Waals surface area contributed by atoms with E-state index in [1.165, 1.54) is 23.1 Å². The zero-order chi connectivity index (χ0) is 22.6. The smallest absolute Gasteiger partial charge is 0.246 e. The van der Waals surface area contributed by atoms with E-state index >= 15 is 0 Å². The van der Waals surface area contributed by atoms with Crippen LogP contribution in [0.25, 0.3) is 0 Å². The Hall–Kier alpha value is -2.20. The van der Waals surface area contributed by atoms with Crippen molar-refractivity contribution in [1.29, 1.82) is 0 Å². The molecular weight excluding hydrogens is 386 g/mol. The first-order chi connectivity index (χ1) is 14.7.